The normalized spacial score (nSPS) is 11.9. The minimum atomic E-state index is -0.817. The Labute approximate surface area is 187 Å². The second-order valence-electron chi connectivity index (χ2n) is 8.03. The van der Waals surface area contributed by atoms with Crippen LogP contribution in [0, 0.1) is 11.7 Å². The molecule has 1 N–H and O–H groups in total. The maximum absolute atomic E-state index is 13.9. The smallest absolute Gasteiger partial charge is 0.306 e. The first-order chi connectivity index (χ1) is 15.5. The molecule has 1 unspecified atom stereocenters. The van der Waals surface area contributed by atoms with E-state index in [9.17, 15) is 14.3 Å². The molecule has 1 atom stereocenters. The van der Waals surface area contributed by atoms with Crippen molar-refractivity contribution in [1.29, 1.82) is 0 Å². The molecular formula is C28H25FO3. The Morgan fingerprint density at radius 1 is 0.938 bits per heavy atom. The number of hydrogen-bond donors (Lipinski definition) is 1. The summed E-state index contributed by atoms with van der Waals surface area (Å²) in [6.07, 6.45) is 0.896. The van der Waals surface area contributed by atoms with Crippen LogP contribution in [0.25, 0.3) is 21.9 Å². The minimum Gasteiger partial charge on any atom is -0.493 e. The lowest BCUT2D eigenvalue weighted by atomic mass is 9.95. The zero-order chi connectivity index (χ0) is 22.5. The molecule has 4 heteroatoms. The molecule has 162 valence electrons. The van der Waals surface area contributed by atoms with Crippen LogP contribution in [0.15, 0.2) is 84.9 Å². The van der Waals surface area contributed by atoms with Gasteiger partial charge in [0, 0.05) is 12.0 Å². The number of carboxylic acid groups (broad SMARTS) is 1. The summed E-state index contributed by atoms with van der Waals surface area (Å²) >= 11 is 0. The van der Waals surface area contributed by atoms with Crippen molar-refractivity contribution in [3.63, 3.8) is 0 Å². The Kier molecular flexibility index (Phi) is 6.50. The van der Waals surface area contributed by atoms with Gasteiger partial charge >= 0.3 is 5.97 Å². The average Bonchev–Trinajstić information content (AvgIpc) is 2.80. The van der Waals surface area contributed by atoms with Crippen molar-refractivity contribution in [2.75, 3.05) is 6.61 Å². The van der Waals surface area contributed by atoms with Gasteiger partial charge in [-0.25, -0.2) is 4.39 Å². The van der Waals surface area contributed by atoms with Gasteiger partial charge in [0.25, 0.3) is 0 Å². The van der Waals surface area contributed by atoms with E-state index in [0.717, 1.165) is 27.5 Å². The van der Waals surface area contributed by atoms with Crippen molar-refractivity contribution in [2.45, 2.75) is 19.8 Å². The molecule has 0 saturated heterocycles. The Hall–Kier alpha value is -3.66. The summed E-state index contributed by atoms with van der Waals surface area (Å²) in [5, 5.41) is 11.6. The zero-order valence-electron chi connectivity index (χ0n) is 17.9. The second kappa shape index (κ2) is 9.65. The molecule has 0 spiro atoms. The standard InChI is InChI=1S/C28H25FO3/c1-19(28(30)31)16-20-10-13-27(32-15-14-22-7-4-5-9-26(22)29)25(17-20)24-12-11-21-6-2-3-8-23(21)18-24/h2-13,17-19H,14-16H2,1H3,(H,30,31). The number of benzene rings is 4. The van der Waals surface area contributed by atoms with Crippen molar-refractivity contribution in [3.05, 3.63) is 102 Å². The average molecular weight is 429 g/mol. The topological polar surface area (TPSA) is 46.5 Å². The summed E-state index contributed by atoms with van der Waals surface area (Å²) in [5.74, 6) is -0.832. The molecule has 0 radical (unpaired) electrons. The summed E-state index contributed by atoms with van der Waals surface area (Å²) in [5.41, 5.74) is 3.45. The van der Waals surface area contributed by atoms with E-state index >= 15 is 0 Å². The monoisotopic (exact) mass is 428 g/mol. The van der Waals surface area contributed by atoms with Gasteiger partial charge in [0.1, 0.15) is 11.6 Å². The molecule has 0 fully saturated rings. The summed E-state index contributed by atoms with van der Waals surface area (Å²) < 4.78 is 20.0. The third-order valence-corrected chi connectivity index (χ3v) is 5.65. The molecule has 0 saturated carbocycles. The predicted octanol–water partition coefficient (Wildman–Crippen LogP) is 6.53. The maximum Gasteiger partial charge on any atom is 0.306 e. The van der Waals surface area contributed by atoms with E-state index in [2.05, 4.69) is 24.3 Å². The van der Waals surface area contributed by atoms with Gasteiger partial charge in [0.15, 0.2) is 0 Å². The van der Waals surface area contributed by atoms with E-state index in [1.54, 1.807) is 19.1 Å². The molecule has 0 bridgehead atoms. The highest BCUT2D eigenvalue weighted by Crippen LogP contribution is 2.34. The van der Waals surface area contributed by atoms with Crippen molar-refractivity contribution in [2.24, 2.45) is 5.92 Å². The van der Waals surface area contributed by atoms with E-state index in [1.165, 1.54) is 6.07 Å². The van der Waals surface area contributed by atoms with Crippen LogP contribution in [-0.4, -0.2) is 17.7 Å². The van der Waals surface area contributed by atoms with Crippen LogP contribution < -0.4 is 4.74 Å². The van der Waals surface area contributed by atoms with Crippen LogP contribution in [0.3, 0.4) is 0 Å². The molecule has 0 heterocycles. The fraction of sp³-hybridized carbons (Fsp3) is 0.179. The van der Waals surface area contributed by atoms with Crippen LogP contribution in [-0.2, 0) is 17.6 Å². The fourth-order valence-corrected chi connectivity index (χ4v) is 3.83. The number of hydrogen-bond acceptors (Lipinski definition) is 2. The largest absolute Gasteiger partial charge is 0.493 e. The molecular weight excluding hydrogens is 403 g/mol. The molecule has 0 aliphatic carbocycles. The Bertz CT molecular complexity index is 1250. The van der Waals surface area contributed by atoms with Gasteiger partial charge in [0.05, 0.1) is 12.5 Å². The number of halogens is 1. The lowest BCUT2D eigenvalue weighted by Gasteiger charge is -2.15. The second-order valence-corrected chi connectivity index (χ2v) is 8.03. The number of fused-ring (bicyclic) bond motifs is 1. The summed E-state index contributed by atoms with van der Waals surface area (Å²) in [7, 11) is 0. The molecule has 0 amide bonds. The van der Waals surface area contributed by atoms with E-state index in [-0.39, 0.29) is 5.82 Å². The molecule has 32 heavy (non-hydrogen) atoms. The van der Waals surface area contributed by atoms with E-state index in [4.69, 9.17) is 4.74 Å². The molecule has 0 aliphatic heterocycles. The van der Waals surface area contributed by atoms with Gasteiger partial charge in [-0.3, -0.25) is 4.79 Å². The van der Waals surface area contributed by atoms with Gasteiger partial charge in [-0.15, -0.1) is 0 Å². The number of carboxylic acids is 1. The number of ether oxygens (including phenoxy) is 1. The molecule has 0 aliphatic rings. The highest BCUT2D eigenvalue weighted by atomic mass is 19.1. The molecule has 4 aromatic rings. The third kappa shape index (κ3) is 4.97. The van der Waals surface area contributed by atoms with Crippen LogP contribution in [0.2, 0.25) is 0 Å². The predicted molar refractivity (Wildman–Crippen MR) is 125 cm³/mol. The highest BCUT2D eigenvalue weighted by molar-refractivity contribution is 5.88. The van der Waals surface area contributed by atoms with E-state index in [1.807, 2.05) is 42.5 Å². The minimum absolute atomic E-state index is 0.233. The molecule has 4 rings (SSSR count). The maximum atomic E-state index is 13.9. The Morgan fingerprint density at radius 2 is 1.69 bits per heavy atom. The first kappa shape index (κ1) is 21.6. The van der Waals surface area contributed by atoms with Crippen molar-refractivity contribution < 1.29 is 19.0 Å². The molecule has 0 aromatic heterocycles. The van der Waals surface area contributed by atoms with Crippen molar-refractivity contribution in [1.82, 2.24) is 0 Å². The van der Waals surface area contributed by atoms with Gasteiger partial charge in [-0.2, -0.15) is 0 Å². The van der Waals surface area contributed by atoms with Gasteiger partial charge in [-0.1, -0.05) is 67.6 Å². The van der Waals surface area contributed by atoms with Gasteiger partial charge in [-0.05, 0) is 58.1 Å². The SMILES string of the molecule is CC(Cc1ccc(OCCc2ccccc2F)c(-c2ccc3ccccc3c2)c1)C(=O)O. The van der Waals surface area contributed by atoms with Gasteiger partial charge in [0.2, 0.25) is 0 Å². The first-order valence-corrected chi connectivity index (χ1v) is 10.7. The summed E-state index contributed by atoms with van der Waals surface area (Å²) in [6.45, 7) is 2.04. The summed E-state index contributed by atoms with van der Waals surface area (Å²) in [6, 6.07) is 26.9. The van der Waals surface area contributed by atoms with E-state index < -0.39 is 11.9 Å². The fourth-order valence-electron chi connectivity index (χ4n) is 3.83. The number of aliphatic carboxylic acids is 1. The van der Waals surface area contributed by atoms with Crippen LogP contribution in [0.4, 0.5) is 4.39 Å². The highest BCUT2D eigenvalue weighted by Gasteiger charge is 2.15. The quantitative estimate of drug-likeness (QED) is 0.347. The molecule has 3 nitrogen and oxygen atoms in total. The van der Waals surface area contributed by atoms with Crippen molar-refractivity contribution in [3.8, 4) is 16.9 Å². The first-order valence-electron chi connectivity index (χ1n) is 10.7. The van der Waals surface area contributed by atoms with Crippen LogP contribution in [0.1, 0.15) is 18.1 Å². The molecule has 4 aromatic carbocycles. The zero-order valence-corrected chi connectivity index (χ0v) is 17.9. The number of rotatable bonds is 8. The van der Waals surface area contributed by atoms with Crippen LogP contribution in [0.5, 0.6) is 5.75 Å². The van der Waals surface area contributed by atoms with Crippen molar-refractivity contribution >= 4 is 16.7 Å². The van der Waals surface area contributed by atoms with Crippen LogP contribution >= 0.6 is 0 Å². The summed E-state index contributed by atoms with van der Waals surface area (Å²) in [4.78, 5) is 11.3. The Morgan fingerprint density at radius 3 is 2.47 bits per heavy atom. The lowest BCUT2D eigenvalue weighted by molar-refractivity contribution is -0.141. The van der Waals surface area contributed by atoms with Gasteiger partial charge < -0.3 is 9.84 Å². The Balaban J connectivity index is 1.64. The lowest BCUT2D eigenvalue weighted by Crippen LogP contribution is -2.12. The number of carbonyl (C=O) groups is 1. The third-order valence-electron chi connectivity index (χ3n) is 5.65. The van der Waals surface area contributed by atoms with E-state index in [0.29, 0.717) is 30.8 Å².